The van der Waals surface area contributed by atoms with Gasteiger partial charge in [0.05, 0.1) is 12.2 Å². The molecule has 1 aromatic carbocycles. The van der Waals surface area contributed by atoms with E-state index >= 15 is 0 Å². The molecule has 0 spiro atoms. The average Bonchev–Trinajstić information content (AvgIpc) is 2.29. The molecular weight excluding hydrogens is 264 g/mol. The predicted molar refractivity (Wildman–Crippen MR) is 70.9 cm³/mol. The molecule has 0 atom stereocenters. The molecule has 0 aliphatic carbocycles. The topological polar surface area (TPSA) is 71.1 Å². The van der Waals surface area contributed by atoms with Crippen molar-refractivity contribution < 1.29 is 28.5 Å². The lowest BCUT2D eigenvalue weighted by Crippen LogP contribution is -2.18. The van der Waals surface area contributed by atoms with Crippen LogP contribution in [0.15, 0.2) is 24.3 Å². The molecule has 0 aliphatic rings. The Kier molecular flexibility index (Phi) is 5.83. The summed E-state index contributed by atoms with van der Waals surface area (Å²) < 4.78 is 19.6. The summed E-state index contributed by atoms with van der Waals surface area (Å²) in [6.07, 6.45) is -2.34. The number of carbonyl (C=O) groups is 2. The third-order valence-corrected chi connectivity index (χ3v) is 1.90. The third kappa shape index (κ3) is 5.60. The monoisotopic (exact) mass is 282 g/mol. The molecule has 0 radical (unpaired) electrons. The molecule has 0 heterocycles. The largest absolute Gasteiger partial charge is 0.514 e. The zero-order valence-corrected chi connectivity index (χ0v) is 11.9. The standard InChI is InChI=1S/C14H18O6/c1-9(2)17-13(15)19-11-7-5-6-8-12(11)20-14(16)18-10(3)4/h5-10H,1-4H3. The fourth-order valence-electron chi connectivity index (χ4n) is 1.23. The smallest absolute Gasteiger partial charge is 0.431 e. The Morgan fingerprint density at radius 3 is 1.45 bits per heavy atom. The van der Waals surface area contributed by atoms with Gasteiger partial charge in [0.1, 0.15) is 0 Å². The minimum Gasteiger partial charge on any atom is -0.431 e. The molecule has 0 N–H and O–H groups in total. The average molecular weight is 282 g/mol. The van der Waals surface area contributed by atoms with Crippen LogP contribution >= 0.6 is 0 Å². The van der Waals surface area contributed by atoms with Crippen LogP contribution in [0, 0.1) is 0 Å². The summed E-state index contributed by atoms with van der Waals surface area (Å²) in [5.74, 6) is 0.165. The summed E-state index contributed by atoms with van der Waals surface area (Å²) in [4.78, 5) is 22.8. The Labute approximate surface area is 117 Å². The van der Waals surface area contributed by atoms with Gasteiger partial charge in [-0.1, -0.05) is 12.1 Å². The summed E-state index contributed by atoms with van der Waals surface area (Å²) in [5, 5.41) is 0. The van der Waals surface area contributed by atoms with Crippen molar-refractivity contribution in [2.24, 2.45) is 0 Å². The van der Waals surface area contributed by atoms with E-state index in [1.54, 1.807) is 39.8 Å². The van der Waals surface area contributed by atoms with Crippen LogP contribution < -0.4 is 9.47 Å². The molecule has 20 heavy (non-hydrogen) atoms. The predicted octanol–water partition coefficient (Wildman–Crippen LogP) is 3.53. The van der Waals surface area contributed by atoms with E-state index in [1.807, 2.05) is 0 Å². The van der Waals surface area contributed by atoms with Gasteiger partial charge in [-0.15, -0.1) is 0 Å². The van der Waals surface area contributed by atoms with E-state index in [0.717, 1.165) is 0 Å². The molecule has 0 aromatic heterocycles. The summed E-state index contributed by atoms with van der Waals surface area (Å²) >= 11 is 0. The lowest BCUT2D eigenvalue weighted by molar-refractivity contribution is 0.0640. The Morgan fingerprint density at radius 2 is 1.15 bits per heavy atom. The van der Waals surface area contributed by atoms with Crippen LogP contribution in [0.5, 0.6) is 11.5 Å². The maximum Gasteiger partial charge on any atom is 0.514 e. The van der Waals surface area contributed by atoms with E-state index in [4.69, 9.17) is 18.9 Å². The van der Waals surface area contributed by atoms with Gasteiger partial charge in [0.2, 0.25) is 0 Å². The van der Waals surface area contributed by atoms with Crippen LogP contribution in [-0.4, -0.2) is 24.5 Å². The first-order valence-corrected chi connectivity index (χ1v) is 6.24. The van der Waals surface area contributed by atoms with Gasteiger partial charge in [0.15, 0.2) is 11.5 Å². The number of hydrogen-bond donors (Lipinski definition) is 0. The van der Waals surface area contributed by atoms with Crippen molar-refractivity contribution in [2.45, 2.75) is 39.9 Å². The van der Waals surface area contributed by atoms with Gasteiger partial charge in [0, 0.05) is 0 Å². The Bertz CT molecular complexity index is 423. The van der Waals surface area contributed by atoms with Crippen LogP contribution in [0.3, 0.4) is 0 Å². The van der Waals surface area contributed by atoms with Crippen LogP contribution in [0.1, 0.15) is 27.7 Å². The van der Waals surface area contributed by atoms with Gasteiger partial charge in [-0.05, 0) is 39.8 Å². The van der Waals surface area contributed by atoms with Gasteiger partial charge in [-0.25, -0.2) is 9.59 Å². The Balaban J connectivity index is 2.73. The minimum atomic E-state index is -0.867. The van der Waals surface area contributed by atoms with E-state index in [2.05, 4.69) is 0 Å². The highest BCUT2D eigenvalue weighted by molar-refractivity contribution is 5.69. The maximum absolute atomic E-state index is 11.4. The molecule has 0 amide bonds. The molecule has 1 aromatic rings. The molecule has 6 nitrogen and oxygen atoms in total. The SMILES string of the molecule is CC(C)OC(=O)Oc1ccccc1OC(=O)OC(C)C. The highest BCUT2D eigenvalue weighted by atomic mass is 16.7. The normalized spacial score (nSPS) is 10.3. The second-order valence-electron chi connectivity index (χ2n) is 4.48. The van der Waals surface area contributed by atoms with Crippen molar-refractivity contribution in [1.82, 2.24) is 0 Å². The van der Waals surface area contributed by atoms with Gasteiger partial charge in [-0.2, -0.15) is 0 Å². The first-order valence-electron chi connectivity index (χ1n) is 6.24. The van der Waals surface area contributed by atoms with E-state index in [0.29, 0.717) is 0 Å². The third-order valence-electron chi connectivity index (χ3n) is 1.90. The van der Waals surface area contributed by atoms with E-state index in [-0.39, 0.29) is 23.7 Å². The molecule has 0 fully saturated rings. The van der Waals surface area contributed by atoms with Crippen molar-refractivity contribution in [2.75, 3.05) is 0 Å². The second-order valence-corrected chi connectivity index (χ2v) is 4.48. The first kappa shape index (κ1) is 15.8. The van der Waals surface area contributed by atoms with Crippen molar-refractivity contribution in [3.63, 3.8) is 0 Å². The molecule has 0 bridgehead atoms. The fourth-order valence-corrected chi connectivity index (χ4v) is 1.23. The van der Waals surface area contributed by atoms with Crippen molar-refractivity contribution in [3.8, 4) is 11.5 Å². The lowest BCUT2D eigenvalue weighted by atomic mass is 10.3. The highest BCUT2D eigenvalue weighted by Gasteiger charge is 2.16. The fraction of sp³-hybridized carbons (Fsp3) is 0.429. The number of benzene rings is 1. The van der Waals surface area contributed by atoms with Crippen molar-refractivity contribution in [3.05, 3.63) is 24.3 Å². The van der Waals surface area contributed by atoms with Crippen LogP contribution in [0.4, 0.5) is 9.59 Å². The maximum atomic E-state index is 11.4. The quantitative estimate of drug-likeness (QED) is 0.621. The minimum absolute atomic E-state index is 0.0823. The number of hydrogen-bond acceptors (Lipinski definition) is 6. The van der Waals surface area contributed by atoms with Crippen molar-refractivity contribution in [1.29, 1.82) is 0 Å². The van der Waals surface area contributed by atoms with Gasteiger partial charge >= 0.3 is 12.3 Å². The van der Waals surface area contributed by atoms with Crippen LogP contribution in [0.25, 0.3) is 0 Å². The molecule has 1 rings (SSSR count). The Morgan fingerprint density at radius 1 is 0.800 bits per heavy atom. The lowest BCUT2D eigenvalue weighted by Gasteiger charge is -2.12. The van der Waals surface area contributed by atoms with Crippen LogP contribution in [-0.2, 0) is 9.47 Å². The Hall–Kier alpha value is -2.24. The summed E-state index contributed by atoms with van der Waals surface area (Å²) in [6, 6.07) is 6.25. The van der Waals surface area contributed by atoms with Gasteiger partial charge < -0.3 is 18.9 Å². The molecule has 110 valence electrons. The van der Waals surface area contributed by atoms with Crippen LogP contribution in [0.2, 0.25) is 0 Å². The number of rotatable bonds is 4. The molecule has 0 aliphatic heterocycles. The molecule has 0 unspecified atom stereocenters. The van der Waals surface area contributed by atoms with Gasteiger partial charge in [-0.3, -0.25) is 0 Å². The summed E-state index contributed by atoms with van der Waals surface area (Å²) in [6.45, 7) is 6.79. The summed E-state index contributed by atoms with van der Waals surface area (Å²) in [7, 11) is 0. The van der Waals surface area contributed by atoms with Crippen molar-refractivity contribution >= 4 is 12.3 Å². The summed E-state index contributed by atoms with van der Waals surface area (Å²) in [5.41, 5.74) is 0. The molecule has 0 saturated heterocycles. The highest BCUT2D eigenvalue weighted by Crippen LogP contribution is 2.27. The molecule has 6 heteroatoms. The van der Waals surface area contributed by atoms with E-state index in [1.165, 1.54) is 12.1 Å². The second kappa shape index (κ2) is 7.37. The molecular formula is C14H18O6. The van der Waals surface area contributed by atoms with E-state index < -0.39 is 12.3 Å². The zero-order chi connectivity index (χ0) is 15.1. The number of para-hydroxylation sites is 2. The molecule has 0 saturated carbocycles. The van der Waals surface area contributed by atoms with E-state index in [9.17, 15) is 9.59 Å². The van der Waals surface area contributed by atoms with Gasteiger partial charge in [0.25, 0.3) is 0 Å². The number of carbonyl (C=O) groups excluding carboxylic acids is 2. The zero-order valence-electron chi connectivity index (χ0n) is 11.9. The number of ether oxygens (including phenoxy) is 4. The first-order chi connectivity index (χ1) is 9.38.